The lowest BCUT2D eigenvalue weighted by molar-refractivity contribution is -0.121. The molecule has 118 valence electrons. The van der Waals surface area contributed by atoms with E-state index in [9.17, 15) is 4.79 Å². The van der Waals surface area contributed by atoms with Crippen LogP contribution in [0.5, 0.6) is 5.75 Å². The van der Waals surface area contributed by atoms with Crippen LogP contribution in [-0.2, 0) is 4.79 Å². The molecule has 2 heterocycles. The van der Waals surface area contributed by atoms with E-state index in [1.807, 2.05) is 43.3 Å². The minimum Gasteiger partial charge on any atom is -0.496 e. The van der Waals surface area contributed by atoms with E-state index in [0.29, 0.717) is 27.3 Å². The highest BCUT2D eigenvalue weighted by atomic mass is 32.2. The zero-order valence-corrected chi connectivity index (χ0v) is 14.4. The number of nitrogens with zero attached hydrogens (tertiary/aromatic N) is 1. The van der Waals surface area contributed by atoms with Gasteiger partial charge in [-0.25, -0.2) is 0 Å². The van der Waals surface area contributed by atoms with E-state index in [4.69, 9.17) is 21.4 Å². The number of thiocarbonyl (C=S) groups is 1. The van der Waals surface area contributed by atoms with Gasteiger partial charge in [0.05, 0.1) is 17.6 Å². The molecule has 1 fully saturated rings. The maximum atomic E-state index is 12.2. The Morgan fingerprint density at radius 2 is 2.09 bits per heavy atom. The van der Waals surface area contributed by atoms with E-state index < -0.39 is 0 Å². The van der Waals surface area contributed by atoms with Crippen LogP contribution in [0.2, 0.25) is 0 Å². The number of thioether (sulfide) groups is 1. The summed E-state index contributed by atoms with van der Waals surface area (Å²) in [5.41, 5.74) is 0.871. The van der Waals surface area contributed by atoms with E-state index in [0.717, 1.165) is 11.3 Å². The number of benzene rings is 1. The predicted molar refractivity (Wildman–Crippen MR) is 96.2 cm³/mol. The molecule has 1 aliphatic rings. The van der Waals surface area contributed by atoms with Crippen molar-refractivity contribution in [1.82, 2.24) is 4.90 Å². The minimum absolute atomic E-state index is 0.0715. The molecule has 1 saturated heterocycles. The third-order valence-electron chi connectivity index (χ3n) is 3.46. The number of hydrogen-bond donors (Lipinski definition) is 0. The summed E-state index contributed by atoms with van der Waals surface area (Å²) < 4.78 is 11.8. The first-order valence-corrected chi connectivity index (χ1v) is 8.35. The second-order valence-electron chi connectivity index (χ2n) is 4.83. The summed E-state index contributed by atoms with van der Waals surface area (Å²) in [5.74, 6) is 1.98. The molecular formula is C17H15NO3S2. The highest BCUT2D eigenvalue weighted by Gasteiger charge is 2.30. The zero-order valence-electron chi connectivity index (χ0n) is 12.7. The summed E-state index contributed by atoms with van der Waals surface area (Å²) in [7, 11) is 1.62. The van der Waals surface area contributed by atoms with Crippen molar-refractivity contribution < 1.29 is 13.9 Å². The maximum absolute atomic E-state index is 12.2. The van der Waals surface area contributed by atoms with Gasteiger partial charge in [0.2, 0.25) is 0 Å². The second kappa shape index (κ2) is 6.60. The normalized spacial score (nSPS) is 16.4. The topological polar surface area (TPSA) is 42.7 Å². The first-order chi connectivity index (χ1) is 11.1. The molecule has 1 aromatic carbocycles. The van der Waals surface area contributed by atoms with Gasteiger partial charge >= 0.3 is 0 Å². The lowest BCUT2D eigenvalue weighted by Crippen LogP contribution is -2.27. The van der Waals surface area contributed by atoms with Crippen molar-refractivity contribution in [2.45, 2.75) is 6.92 Å². The molecular weight excluding hydrogens is 330 g/mol. The van der Waals surface area contributed by atoms with Crippen molar-refractivity contribution in [3.8, 4) is 17.1 Å². The van der Waals surface area contributed by atoms with Gasteiger partial charge in [-0.15, -0.1) is 0 Å². The molecule has 23 heavy (non-hydrogen) atoms. The molecule has 1 aliphatic heterocycles. The number of carbonyl (C=O) groups is 1. The summed E-state index contributed by atoms with van der Waals surface area (Å²) in [6.45, 7) is 2.48. The molecule has 0 aliphatic carbocycles. The molecule has 0 N–H and O–H groups in total. The Morgan fingerprint density at radius 1 is 1.30 bits per heavy atom. The van der Waals surface area contributed by atoms with E-state index in [1.165, 1.54) is 11.8 Å². The van der Waals surface area contributed by atoms with Crippen LogP contribution in [0, 0.1) is 0 Å². The molecule has 0 spiro atoms. The van der Waals surface area contributed by atoms with Crippen LogP contribution in [0.25, 0.3) is 17.4 Å². The molecule has 0 saturated carbocycles. The van der Waals surface area contributed by atoms with E-state index in [-0.39, 0.29) is 5.91 Å². The monoisotopic (exact) mass is 345 g/mol. The quantitative estimate of drug-likeness (QED) is 0.614. The Balaban J connectivity index is 1.90. The molecule has 1 amide bonds. The highest BCUT2D eigenvalue weighted by molar-refractivity contribution is 8.26. The fraction of sp³-hybridized carbons (Fsp3) is 0.176. The predicted octanol–water partition coefficient (Wildman–Crippen LogP) is 4.18. The van der Waals surface area contributed by atoms with Crippen LogP contribution in [-0.4, -0.2) is 28.8 Å². The first-order valence-electron chi connectivity index (χ1n) is 7.12. The summed E-state index contributed by atoms with van der Waals surface area (Å²) in [5, 5.41) is 0. The van der Waals surface area contributed by atoms with Crippen molar-refractivity contribution in [3.05, 3.63) is 47.1 Å². The number of carbonyl (C=O) groups excluding carboxylic acids is 1. The summed E-state index contributed by atoms with van der Waals surface area (Å²) in [4.78, 5) is 14.4. The number of ether oxygens (including phenoxy) is 1. The average molecular weight is 345 g/mol. The first kappa shape index (κ1) is 15.8. The van der Waals surface area contributed by atoms with Gasteiger partial charge < -0.3 is 9.15 Å². The molecule has 0 unspecified atom stereocenters. The van der Waals surface area contributed by atoms with Gasteiger partial charge in [0, 0.05) is 12.6 Å². The standard InChI is InChI=1S/C17H15NO3S2/c1-3-18-16(19)15(23-17(18)22)10-11-8-9-14(21-11)12-6-4-5-7-13(12)20-2/h4-10H,3H2,1-2H3/b15-10+. The summed E-state index contributed by atoms with van der Waals surface area (Å²) >= 11 is 6.50. The van der Waals surface area contributed by atoms with E-state index in [1.54, 1.807) is 18.1 Å². The molecule has 0 bridgehead atoms. The Hall–Kier alpha value is -2.05. The van der Waals surface area contributed by atoms with Crippen molar-refractivity contribution in [2.24, 2.45) is 0 Å². The van der Waals surface area contributed by atoms with Crippen molar-refractivity contribution in [1.29, 1.82) is 0 Å². The smallest absolute Gasteiger partial charge is 0.266 e. The lowest BCUT2D eigenvalue weighted by atomic mass is 10.1. The largest absolute Gasteiger partial charge is 0.496 e. The van der Waals surface area contributed by atoms with Gasteiger partial charge in [-0.05, 0) is 31.2 Å². The number of rotatable bonds is 4. The molecule has 0 radical (unpaired) electrons. The minimum atomic E-state index is -0.0715. The van der Waals surface area contributed by atoms with Crippen molar-refractivity contribution >= 4 is 40.3 Å². The third-order valence-corrected chi connectivity index (χ3v) is 4.84. The van der Waals surface area contributed by atoms with Gasteiger partial charge in [0.25, 0.3) is 5.91 Å². The van der Waals surface area contributed by atoms with Crippen LogP contribution in [0.3, 0.4) is 0 Å². The number of para-hydroxylation sites is 1. The maximum Gasteiger partial charge on any atom is 0.266 e. The fourth-order valence-corrected chi connectivity index (χ4v) is 3.69. The third kappa shape index (κ3) is 3.04. The van der Waals surface area contributed by atoms with Gasteiger partial charge in [-0.3, -0.25) is 9.69 Å². The van der Waals surface area contributed by atoms with Gasteiger partial charge in [0.1, 0.15) is 21.6 Å². The molecule has 6 heteroatoms. The molecule has 2 aromatic rings. The van der Waals surface area contributed by atoms with Gasteiger partial charge in [-0.2, -0.15) is 0 Å². The number of hydrogen-bond acceptors (Lipinski definition) is 5. The highest BCUT2D eigenvalue weighted by Crippen LogP contribution is 2.35. The van der Waals surface area contributed by atoms with Gasteiger partial charge in [0.15, 0.2) is 0 Å². The number of amides is 1. The van der Waals surface area contributed by atoms with Crippen LogP contribution in [0.15, 0.2) is 45.7 Å². The molecule has 3 rings (SSSR count). The number of methoxy groups -OCH3 is 1. The fourth-order valence-electron chi connectivity index (χ4n) is 2.33. The number of furan rings is 1. The Bertz CT molecular complexity index is 795. The number of likely N-dealkylation sites (N-methyl/N-ethyl adjacent to an activating group) is 1. The molecule has 1 aromatic heterocycles. The van der Waals surface area contributed by atoms with E-state index >= 15 is 0 Å². The van der Waals surface area contributed by atoms with Crippen LogP contribution < -0.4 is 4.74 Å². The van der Waals surface area contributed by atoms with Crippen molar-refractivity contribution in [2.75, 3.05) is 13.7 Å². The Kier molecular flexibility index (Phi) is 4.54. The average Bonchev–Trinajstić information content (AvgIpc) is 3.12. The second-order valence-corrected chi connectivity index (χ2v) is 6.50. The molecule has 0 atom stereocenters. The molecule has 4 nitrogen and oxygen atoms in total. The zero-order chi connectivity index (χ0) is 16.4. The van der Waals surface area contributed by atoms with Gasteiger partial charge in [-0.1, -0.05) is 36.1 Å². The summed E-state index contributed by atoms with van der Waals surface area (Å²) in [6, 6.07) is 11.3. The van der Waals surface area contributed by atoms with Crippen LogP contribution >= 0.6 is 24.0 Å². The SMILES string of the molecule is CCN1C(=O)/C(=C\c2ccc(-c3ccccc3OC)o2)SC1=S. The van der Waals surface area contributed by atoms with Crippen LogP contribution in [0.1, 0.15) is 12.7 Å². The summed E-state index contributed by atoms with van der Waals surface area (Å²) in [6.07, 6.45) is 1.73. The van der Waals surface area contributed by atoms with E-state index in [2.05, 4.69) is 0 Å². The van der Waals surface area contributed by atoms with Crippen molar-refractivity contribution in [3.63, 3.8) is 0 Å². The Morgan fingerprint density at radius 3 is 2.78 bits per heavy atom. The Labute approximate surface area is 144 Å². The lowest BCUT2D eigenvalue weighted by Gasteiger charge is -2.09. The van der Waals surface area contributed by atoms with Crippen LogP contribution in [0.4, 0.5) is 0 Å².